The molecule has 1 N–H and O–H groups in total. The van der Waals surface area contributed by atoms with Gasteiger partial charge in [0.2, 0.25) is 0 Å². The number of hydrogen-bond acceptors (Lipinski definition) is 2. The van der Waals surface area contributed by atoms with E-state index in [1.165, 1.54) is 6.42 Å². The summed E-state index contributed by atoms with van der Waals surface area (Å²) in [6.45, 7) is 2.60. The van der Waals surface area contributed by atoms with Gasteiger partial charge >= 0.3 is 0 Å². The molecule has 1 rings (SSSR count). The monoisotopic (exact) mass is 151 g/mol. The lowest BCUT2D eigenvalue weighted by molar-refractivity contribution is 0.228. The second-order valence-electron chi connectivity index (χ2n) is 2.60. The number of nitrogens with zero attached hydrogens (tertiary/aromatic N) is 1. The number of hydrogen-bond donors (Lipinski definition) is 1. The molecule has 0 saturated carbocycles. The molecule has 0 radical (unpaired) electrons. The highest BCUT2D eigenvalue weighted by molar-refractivity contribution is 5.85. The first-order valence-corrected chi connectivity index (χ1v) is 3.12. The van der Waals surface area contributed by atoms with Crippen molar-refractivity contribution in [3.05, 3.63) is 0 Å². The van der Waals surface area contributed by atoms with Crippen molar-refractivity contribution in [2.24, 2.45) is 5.92 Å². The molecule has 0 spiro atoms. The van der Waals surface area contributed by atoms with Gasteiger partial charge in [0.15, 0.2) is 0 Å². The molecule has 1 aliphatic rings. The highest BCUT2D eigenvalue weighted by Gasteiger charge is 2.17. The Hall–Kier alpha value is 0.210. The number of aliphatic hydroxyl groups is 1. The molecule has 1 fully saturated rings. The maximum Gasteiger partial charge on any atom is 0.0471 e. The van der Waals surface area contributed by atoms with Gasteiger partial charge in [-0.25, -0.2) is 0 Å². The number of likely N-dealkylation sites (tertiary alicyclic amines) is 1. The molecule has 56 valence electrons. The Bertz CT molecular complexity index is 79.5. The molecule has 1 saturated heterocycles. The van der Waals surface area contributed by atoms with Crippen molar-refractivity contribution < 1.29 is 5.11 Å². The lowest BCUT2D eigenvalue weighted by Crippen LogP contribution is -2.15. The number of halogens is 1. The Kier molecular flexibility index (Phi) is 4.19. The minimum Gasteiger partial charge on any atom is -0.396 e. The van der Waals surface area contributed by atoms with Crippen LogP contribution in [-0.4, -0.2) is 36.8 Å². The summed E-state index contributed by atoms with van der Waals surface area (Å²) >= 11 is 0. The van der Waals surface area contributed by atoms with E-state index in [4.69, 9.17) is 5.11 Å². The van der Waals surface area contributed by atoms with Gasteiger partial charge in [-0.2, -0.15) is 0 Å². The van der Waals surface area contributed by atoms with Crippen LogP contribution in [0.25, 0.3) is 0 Å². The van der Waals surface area contributed by atoms with E-state index >= 15 is 0 Å². The quantitative estimate of drug-likeness (QED) is 0.585. The van der Waals surface area contributed by atoms with Crippen LogP contribution in [0, 0.1) is 5.92 Å². The van der Waals surface area contributed by atoms with Gasteiger partial charge in [0.05, 0.1) is 0 Å². The van der Waals surface area contributed by atoms with Crippen molar-refractivity contribution in [3.8, 4) is 0 Å². The molecule has 0 aliphatic carbocycles. The van der Waals surface area contributed by atoms with E-state index in [1.807, 2.05) is 0 Å². The summed E-state index contributed by atoms with van der Waals surface area (Å²) < 4.78 is 0. The van der Waals surface area contributed by atoms with E-state index < -0.39 is 0 Å². The fourth-order valence-electron chi connectivity index (χ4n) is 1.18. The first kappa shape index (κ1) is 9.21. The van der Waals surface area contributed by atoms with Gasteiger partial charge in [-0.05, 0) is 25.9 Å². The lowest BCUT2D eigenvalue weighted by Gasteiger charge is -2.05. The van der Waals surface area contributed by atoms with Crippen LogP contribution in [0.3, 0.4) is 0 Å². The molecule has 0 aromatic carbocycles. The summed E-state index contributed by atoms with van der Waals surface area (Å²) in [6.07, 6.45) is 1.17. The van der Waals surface area contributed by atoms with Crippen molar-refractivity contribution in [2.75, 3.05) is 26.7 Å². The zero-order valence-corrected chi connectivity index (χ0v) is 6.52. The summed E-state index contributed by atoms with van der Waals surface area (Å²) in [5.41, 5.74) is 0. The van der Waals surface area contributed by atoms with E-state index in [0.29, 0.717) is 12.5 Å². The molecular weight excluding hydrogens is 138 g/mol. The second-order valence-corrected chi connectivity index (χ2v) is 2.60. The average Bonchev–Trinajstić information content (AvgIpc) is 2.14. The molecule has 0 amide bonds. The van der Waals surface area contributed by atoms with Crippen molar-refractivity contribution in [2.45, 2.75) is 6.42 Å². The average molecular weight is 152 g/mol. The second kappa shape index (κ2) is 4.09. The van der Waals surface area contributed by atoms with Crippen molar-refractivity contribution in [1.82, 2.24) is 4.90 Å². The van der Waals surface area contributed by atoms with Crippen LogP contribution < -0.4 is 0 Å². The molecule has 0 unspecified atom stereocenters. The molecule has 0 aromatic rings. The molecule has 1 atom stereocenters. The van der Waals surface area contributed by atoms with Gasteiger partial charge in [-0.15, -0.1) is 12.4 Å². The molecule has 0 aromatic heterocycles. The van der Waals surface area contributed by atoms with E-state index in [0.717, 1.165) is 13.1 Å². The largest absolute Gasteiger partial charge is 0.396 e. The Morgan fingerprint density at radius 1 is 1.67 bits per heavy atom. The molecule has 0 bridgehead atoms. The van der Waals surface area contributed by atoms with Crippen LogP contribution in [0.2, 0.25) is 0 Å². The van der Waals surface area contributed by atoms with Gasteiger partial charge in [0, 0.05) is 13.2 Å². The first-order chi connectivity index (χ1) is 3.83. The molecule has 2 nitrogen and oxygen atoms in total. The minimum absolute atomic E-state index is 0. The standard InChI is InChI=1S/C6H13NO.ClH/c1-7-3-2-6(4-7)5-8;/h6,8H,2-5H2,1H3;1H/t6-;/m1./s1. The fraction of sp³-hybridized carbons (Fsp3) is 1.00. The summed E-state index contributed by atoms with van der Waals surface area (Å²) in [4.78, 5) is 2.25. The topological polar surface area (TPSA) is 23.5 Å². The summed E-state index contributed by atoms with van der Waals surface area (Å²) in [6, 6.07) is 0. The van der Waals surface area contributed by atoms with Gasteiger partial charge in [-0.1, -0.05) is 0 Å². The third-order valence-electron chi connectivity index (χ3n) is 1.75. The van der Waals surface area contributed by atoms with Gasteiger partial charge in [0.25, 0.3) is 0 Å². The normalized spacial score (nSPS) is 28.0. The zero-order chi connectivity index (χ0) is 5.98. The Morgan fingerprint density at radius 2 is 2.33 bits per heavy atom. The molecule has 1 aliphatic heterocycles. The smallest absolute Gasteiger partial charge is 0.0471 e. The maximum atomic E-state index is 8.66. The highest BCUT2D eigenvalue weighted by atomic mass is 35.5. The fourth-order valence-corrected chi connectivity index (χ4v) is 1.18. The van der Waals surface area contributed by atoms with Gasteiger partial charge < -0.3 is 10.0 Å². The van der Waals surface area contributed by atoms with E-state index in [2.05, 4.69) is 11.9 Å². The maximum absolute atomic E-state index is 8.66. The zero-order valence-electron chi connectivity index (χ0n) is 5.71. The molecule has 1 heterocycles. The number of aliphatic hydroxyl groups excluding tert-OH is 1. The molecular formula is C6H14ClNO. The van der Waals surface area contributed by atoms with Crippen LogP contribution in [0.4, 0.5) is 0 Å². The van der Waals surface area contributed by atoms with Gasteiger partial charge in [-0.3, -0.25) is 0 Å². The van der Waals surface area contributed by atoms with Crippen molar-refractivity contribution in [3.63, 3.8) is 0 Å². The van der Waals surface area contributed by atoms with Crippen molar-refractivity contribution >= 4 is 12.4 Å². The lowest BCUT2D eigenvalue weighted by atomic mass is 10.1. The number of rotatable bonds is 1. The van der Waals surface area contributed by atoms with E-state index in [-0.39, 0.29) is 12.4 Å². The predicted molar refractivity (Wildman–Crippen MR) is 39.9 cm³/mol. The van der Waals surface area contributed by atoms with Crippen LogP contribution in [0.1, 0.15) is 6.42 Å². The van der Waals surface area contributed by atoms with Gasteiger partial charge in [0.1, 0.15) is 0 Å². The highest BCUT2D eigenvalue weighted by Crippen LogP contribution is 2.12. The Morgan fingerprint density at radius 3 is 2.56 bits per heavy atom. The Labute approximate surface area is 62.3 Å². The third-order valence-corrected chi connectivity index (χ3v) is 1.75. The van der Waals surface area contributed by atoms with Crippen LogP contribution in [0.15, 0.2) is 0 Å². The minimum atomic E-state index is 0. The van der Waals surface area contributed by atoms with Crippen LogP contribution in [-0.2, 0) is 0 Å². The predicted octanol–water partition coefficient (Wildman–Crippen LogP) is 0.352. The summed E-state index contributed by atoms with van der Waals surface area (Å²) in [5.74, 6) is 0.556. The van der Waals surface area contributed by atoms with Crippen LogP contribution >= 0.6 is 12.4 Å². The molecule has 3 heteroatoms. The SMILES string of the molecule is CN1CC[C@@H](CO)C1.Cl. The van der Waals surface area contributed by atoms with E-state index in [1.54, 1.807) is 0 Å². The van der Waals surface area contributed by atoms with E-state index in [9.17, 15) is 0 Å². The van der Waals surface area contributed by atoms with Crippen molar-refractivity contribution in [1.29, 1.82) is 0 Å². The Balaban J connectivity index is 0.000000640. The summed E-state index contributed by atoms with van der Waals surface area (Å²) in [7, 11) is 2.09. The van der Waals surface area contributed by atoms with Crippen LogP contribution in [0.5, 0.6) is 0 Å². The first-order valence-electron chi connectivity index (χ1n) is 3.12. The summed E-state index contributed by atoms with van der Waals surface area (Å²) in [5, 5.41) is 8.66. The molecule has 9 heavy (non-hydrogen) atoms. The third kappa shape index (κ3) is 2.52.